The molecule has 0 atom stereocenters. The van der Waals surface area contributed by atoms with Gasteiger partial charge in [-0.05, 0) is 29.8 Å². The average Bonchev–Trinajstić information content (AvgIpc) is 2.44. The second-order valence-corrected chi connectivity index (χ2v) is 4.68. The highest BCUT2D eigenvalue weighted by molar-refractivity contribution is 6.33. The molecule has 0 spiro atoms. The summed E-state index contributed by atoms with van der Waals surface area (Å²) < 4.78 is 18.9. The van der Waals surface area contributed by atoms with Crippen LogP contribution in [0.4, 0.5) is 10.1 Å². The zero-order chi connectivity index (χ0) is 14.7. The molecule has 104 valence electrons. The van der Waals surface area contributed by atoms with E-state index in [0.717, 1.165) is 0 Å². The van der Waals surface area contributed by atoms with Crippen molar-refractivity contribution in [2.24, 2.45) is 0 Å². The van der Waals surface area contributed by atoms with Crippen LogP contribution in [0, 0.1) is 5.82 Å². The van der Waals surface area contributed by atoms with Crippen molar-refractivity contribution in [2.75, 3.05) is 12.8 Å². The van der Waals surface area contributed by atoms with Crippen molar-refractivity contribution in [3.63, 3.8) is 0 Å². The first-order valence-electron chi connectivity index (χ1n) is 5.92. The summed E-state index contributed by atoms with van der Waals surface area (Å²) in [6.45, 7) is 0. The van der Waals surface area contributed by atoms with Crippen LogP contribution in [-0.2, 0) is 6.42 Å². The standard InChI is InChI=1S/C15H13ClFNO2/c1-20-14-4-2-3-10(15(14)17)8-13(19)9-5-6-12(18)11(16)7-9/h2-7H,8,18H2,1H3. The van der Waals surface area contributed by atoms with E-state index in [2.05, 4.69) is 0 Å². The second kappa shape index (κ2) is 5.92. The van der Waals surface area contributed by atoms with Crippen molar-refractivity contribution in [2.45, 2.75) is 6.42 Å². The normalized spacial score (nSPS) is 10.3. The summed E-state index contributed by atoms with van der Waals surface area (Å²) in [5, 5.41) is 0.307. The van der Waals surface area contributed by atoms with Gasteiger partial charge in [-0.25, -0.2) is 4.39 Å². The molecular weight excluding hydrogens is 281 g/mol. The number of ether oxygens (including phenoxy) is 1. The number of hydrogen-bond acceptors (Lipinski definition) is 3. The van der Waals surface area contributed by atoms with Gasteiger partial charge in [0.25, 0.3) is 0 Å². The molecule has 0 aliphatic heterocycles. The van der Waals surface area contributed by atoms with Crippen LogP contribution in [0.15, 0.2) is 36.4 Å². The van der Waals surface area contributed by atoms with Gasteiger partial charge in [0.1, 0.15) is 0 Å². The zero-order valence-corrected chi connectivity index (χ0v) is 11.6. The van der Waals surface area contributed by atoms with Gasteiger partial charge in [-0.3, -0.25) is 4.79 Å². The summed E-state index contributed by atoms with van der Waals surface area (Å²) in [4.78, 5) is 12.1. The lowest BCUT2D eigenvalue weighted by molar-refractivity contribution is 0.0991. The fraction of sp³-hybridized carbons (Fsp3) is 0.133. The highest BCUT2D eigenvalue weighted by Gasteiger charge is 2.14. The van der Waals surface area contributed by atoms with Crippen molar-refractivity contribution >= 4 is 23.1 Å². The number of Topliss-reactive ketones (excluding diaryl/α,β-unsaturated/α-hetero) is 1. The molecule has 20 heavy (non-hydrogen) atoms. The Bertz CT molecular complexity index is 658. The lowest BCUT2D eigenvalue weighted by Crippen LogP contribution is -2.06. The summed E-state index contributed by atoms with van der Waals surface area (Å²) in [7, 11) is 1.38. The molecule has 0 unspecified atom stereocenters. The maximum absolute atomic E-state index is 14.0. The van der Waals surface area contributed by atoms with Crippen LogP contribution < -0.4 is 10.5 Å². The van der Waals surface area contributed by atoms with E-state index in [0.29, 0.717) is 16.3 Å². The fourth-order valence-electron chi connectivity index (χ4n) is 1.83. The van der Waals surface area contributed by atoms with E-state index >= 15 is 0 Å². The Labute approximate surface area is 121 Å². The largest absolute Gasteiger partial charge is 0.494 e. The van der Waals surface area contributed by atoms with E-state index in [-0.39, 0.29) is 23.5 Å². The predicted molar refractivity (Wildman–Crippen MR) is 76.9 cm³/mol. The van der Waals surface area contributed by atoms with Crippen LogP contribution in [0.1, 0.15) is 15.9 Å². The third-order valence-corrected chi connectivity index (χ3v) is 3.26. The first kappa shape index (κ1) is 14.3. The highest BCUT2D eigenvalue weighted by atomic mass is 35.5. The Balaban J connectivity index is 2.25. The Morgan fingerprint density at radius 1 is 1.35 bits per heavy atom. The second-order valence-electron chi connectivity index (χ2n) is 4.27. The van der Waals surface area contributed by atoms with Crippen LogP contribution in [0.2, 0.25) is 5.02 Å². The van der Waals surface area contributed by atoms with E-state index in [1.165, 1.54) is 19.2 Å². The molecule has 2 aromatic rings. The van der Waals surface area contributed by atoms with Gasteiger partial charge in [0.15, 0.2) is 17.3 Å². The fourth-order valence-corrected chi connectivity index (χ4v) is 2.01. The molecule has 0 radical (unpaired) electrons. The molecule has 0 heterocycles. The summed E-state index contributed by atoms with van der Waals surface area (Å²) >= 11 is 5.87. The molecule has 5 heteroatoms. The Morgan fingerprint density at radius 2 is 2.10 bits per heavy atom. The number of nitrogens with two attached hydrogens (primary N) is 1. The van der Waals surface area contributed by atoms with Gasteiger partial charge in [0, 0.05) is 12.0 Å². The molecule has 0 saturated heterocycles. The average molecular weight is 294 g/mol. The minimum absolute atomic E-state index is 0.0662. The molecule has 2 aromatic carbocycles. The predicted octanol–water partition coefficient (Wildman–Crippen LogP) is 3.50. The van der Waals surface area contributed by atoms with Gasteiger partial charge >= 0.3 is 0 Å². The van der Waals surface area contributed by atoms with E-state index in [1.807, 2.05) is 0 Å². The molecule has 0 aliphatic rings. The summed E-state index contributed by atoms with van der Waals surface area (Å²) in [5.74, 6) is -0.644. The van der Waals surface area contributed by atoms with Crippen LogP contribution >= 0.6 is 11.6 Å². The number of carbonyl (C=O) groups is 1. The highest BCUT2D eigenvalue weighted by Crippen LogP contribution is 2.23. The number of halogens is 2. The third-order valence-electron chi connectivity index (χ3n) is 2.94. The number of rotatable bonds is 4. The van der Waals surface area contributed by atoms with Crippen LogP contribution in [0.25, 0.3) is 0 Å². The smallest absolute Gasteiger partial charge is 0.168 e. The van der Waals surface area contributed by atoms with E-state index in [9.17, 15) is 9.18 Å². The SMILES string of the molecule is COc1cccc(CC(=O)c2ccc(N)c(Cl)c2)c1F. The Kier molecular flexibility index (Phi) is 4.25. The molecule has 0 aromatic heterocycles. The van der Waals surface area contributed by atoms with E-state index in [1.54, 1.807) is 24.3 Å². The number of methoxy groups -OCH3 is 1. The van der Waals surface area contributed by atoms with Gasteiger partial charge in [0.05, 0.1) is 17.8 Å². The van der Waals surface area contributed by atoms with Crippen molar-refractivity contribution in [1.29, 1.82) is 0 Å². The molecule has 2 rings (SSSR count). The molecule has 0 bridgehead atoms. The van der Waals surface area contributed by atoms with Gasteiger partial charge < -0.3 is 10.5 Å². The first-order valence-corrected chi connectivity index (χ1v) is 6.30. The van der Waals surface area contributed by atoms with Crippen molar-refractivity contribution in [3.05, 3.63) is 58.4 Å². The van der Waals surface area contributed by atoms with E-state index < -0.39 is 5.82 Å². The number of benzene rings is 2. The number of ketones is 1. The number of nitrogen functional groups attached to an aromatic ring is 1. The topological polar surface area (TPSA) is 52.3 Å². The number of carbonyl (C=O) groups excluding carboxylic acids is 1. The lowest BCUT2D eigenvalue weighted by Gasteiger charge is -2.07. The maximum Gasteiger partial charge on any atom is 0.168 e. The lowest BCUT2D eigenvalue weighted by atomic mass is 10.0. The quantitative estimate of drug-likeness (QED) is 0.693. The zero-order valence-electron chi connectivity index (χ0n) is 10.8. The number of hydrogen-bond donors (Lipinski definition) is 1. The van der Waals surface area contributed by atoms with Gasteiger partial charge in [-0.2, -0.15) is 0 Å². The van der Waals surface area contributed by atoms with Crippen molar-refractivity contribution in [1.82, 2.24) is 0 Å². The van der Waals surface area contributed by atoms with Crippen molar-refractivity contribution in [3.8, 4) is 5.75 Å². The maximum atomic E-state index is 14.0. The molecule has 3 nitrogen and oxygen atoms in total. The summed E-state index contributed by atoms with van der Waals surface area (Å²) in [6, 6.07) is 9.30. The summed E-state index contributed by atoms with van der Waals surface area (Å²) in [5.41, 5.74) is 6.66. The summed E-state index contributed by atoms with van der Waals surface area (Å²) in [6.07, 6.45) is -0.0662. The Hall–Kier alpha value is -2.07. The molecule has 2 N–H and O–H groups in total. The monoisotopic (exact) mass is 293 g/mol. The van der Waals surface area contributed by atoms with Gasteiger partial charge in [0.2, 0.25) is 0 Å². The van der Waals surface area contributed by atoms with Crippen LogP contribution in [0.5, 0.6) is 5.75 Å². The van der Waals surface area contributed by atoms with Crippen molar-refractivity contribution < 1.29 is 13.9 Å². The van der Waals surface area contributed by atoms with Gasteiger partial charge in [-0.1, -0.05) is 23.7 Å². The molecule has 0 saturated carbocycles. The molecular formula is C15H13ClFNO2. The Morgan fingerprint density at radius 3 is 2.75 bits per heavy atom. The minimum Gasteiger partial charge on any atom is -0.494 e. The molecule has 0 fully saturated rings. The van der Waals surface area contributed by atoms with Crippen LogP contribution in [0.3, 0.4) is 0 Å². The molecule has 0 amide bonds. The third kappa shape index (κ3) is 2.91. The van der Waals surface area contributed by atoms with Crippen LogP contribution in [-0.4, -0.2) is 12.9 Å². The first-order chi connectivity index (χ1) is 9.52. The molecule has 0 aliphatic carbocycles. The van der Waals surface area contributed by atoms with Gasteiger partial charge in [-0.15, -0.1) is 0 Å². The number of anilines is 1. The minimum atomic E-state index is -0.523. The van der Waals surface area contributed by atoms with E-state index in [4.69, 9.17) is 22.1 Å².